The third-order valence-corrected chi connectivity index (χ3v) is 14.0. The first-order valence-electron chi connectivity index (χ1n) is 23.1. The molecular formula is C53H55BN2. The van der Waals surface area contributed by atoms with E-state index in [-0.39, 0.29) is 58.2 Å². The molecule has 56 heavy (non-hydrogen) atoms. The van der Waals surface area contributed by atoms with E-state index < -0.39 is 6.04 Å². The quantitative estimate of drug-likeness (QED) is 0.167. The Morgan fingerprint density at radius 3 is 2.02 bits per heavy atom. The second kappa shape index (κ2) is 12.0. The van der Waals surface area contributed by atoms with Crippen LogP contribution in [0, 0.1) is 6.92 Å². The summed E-state index contributed by atoms with van der Waals surface area (Å²) in [6.45, 7) is 21.1. The van der Waals surface area contributed by atoms with Crippen LogP contribution in [-0.4, -0.2) is 12.3 Å². The standard InChI is InChI=1S/C53H55BN2/c1-34-26-46-48-47(27-34)56-49-42(52(8)24-16-17-25-53(52,56)9)31-40(51(5,6)7)32-44(49)54(48)43-23-22-39(50(2,3)4)33-45(43)55(46)41-29-37(35-18-12-10-13-19-35)28-38(30-41)36-20-14-11-15-21-36/h10-15,18-23,26-33H,16-17,24-25H2,1-9H3/i10D,12D,13D,18D,19D. The van der Waals surface area contributed by atoms with Crippen molar-refractivity contribution in [3.8, 4) is 22.3 Å². The molecule has 3 heterocycles. The van der Waals surface area contributed by atoms with Crippen LogP contribution in [0.5, 0.6) is 0 Å². The van der Waals surface area contributed by atoms with Crippen LogP contribution in [0.25, 0.3) is 22.3 Å². The molecule has 0 saturated heterocycles. The van der Waals surface area contributed by atoms with Gasteiger partial charge in [0.1, 0.15) is 0 Å². The Hall–Kier alpha value is -5.02. The van der Waals surface area contributed by atoms with Crippen molar-refractivity contribution in [3.63, 3.8) is 0 Å². The summed E-state index contributed by atoms with van der Waals surface area (Å²) in [5.41, 5.74) is 17.4. The highest BCUT2D eigenvalue weighted by Gasteiger charge is 2.61. The molecule has 0 N–H and O–H groups in total. The number of hydrogen-bond donors (Lipinski definition) is 0. The predicted molar refractivity (Wildman–Crippen MR) is 242 cm³/mol. The average molecular weight is 736 g/mol. The van der Waals surface area contributed by atoms with Crippen molar-refractivity contribution in [2.45, 2.75) is 110 Å². The van der Waals surface area contributed by atoms with Crippen molar-refractivity contribution in [2.24, 2.45) is 0 Å². The topological polar surface area (TPSA) is 6.48 Å². The summed E-state index contributed by atoms with van der Waals surface area (Å²) in [5.74, 6) is 0. The molecule has 2 atom stereocenters. The third kappa shape index (κ3) is 5.01. The van der Waals surface area contributed by atoms with E-state index in [1.54, 1.807) is 0 Å². The Morgan fingerprint density at radius 1 is 0.625 bits per heavy atom. The Morgan fingerprint density at radius 2 is 1.30 bits per heavy atom. The summed E-state index contributed by atoms with van der Waals surface area (Å²) < 4.78 is 43.9. The van der Waals surface area contributed by atoms with Gasteiger partial charge in [-0.3, -0.25) is 0 Å². The summed E-state index contributed by atoms with van der Waals surface area (Å²) in [6.07, 6.45) is 4.70. The minimum absolute atomic E-state index is 0.0108. The van der Waals surface area contributed by atoms with Gasteiger partial charge in [0.15, 0.2) is 0 Å². The van der Waals surface area contributed by atoms with E-state index in [0.29, 0.717) is 5.56 Å². The molecule has 0 radical (unpaired) electrons. The maximum Gasteiger partial charge on any atom is 0.252 e. The van der Waals surface area contributed by atoms with Crippen LogP contribution in [0.4, 0.5) is 28.4 Å². The van der Waals surface area contributed by atoms with Gasteiger partial charge in [0.05, 0.1) is 12.4 Å². The zero-order valence-electron chi connectivity index (χ0n) is 39.5. The van der Waals surface area contributed by atoms with Crippen molar-refractivity contribution in [3.05, 3.63) is 143 Å². The van der Waals surface area contributed by atoms with E-state index in [1.807, 2.05) is 30.3 Å². The van der Waals surface area contributed by atoms with Crippen LogP contribution < -0.4 is 26.2 Å². The molecule has 0 spiro atoms. The third-order valence-electron chi connectivity index (χ3n) is 14.0. The highest BCUT2D eigenvalue weighted by Crippen LogP contribution is 2.62. The molecule has 1 saturated carbocycles. The fourth-order valence-electron chi connectivity index (χ4n) is 10.7. The molecule has 3 aliphatic heterocycles. The van der Waals surface area contributed by atoms with Gasteiger partial charge in [-0.2, -0.15) is 0 Å². The highest BCUT2D eigenvalue weighted by atomic mass is 15.3. The van der Waals surface area contributed by atoms with E-state index in [2.05, 4.69) is 133 Å². The van der Waals surface area contributed by atoms with Crippen molar-refractivity contribution in [2.75, 3.05) is 9.80 Å². The van der Waals surface area contributed by atoms with Crippen LogP contribution in [0.15, 0.2) is 121 Å². The van der Waals surface area contributed by atoms with Gasteiger partial charge in [0.25, 0.3) is 6.71 Å². The van der Waals surface area contributed by atoms with E-state index in [1.165, 1.54) is 62.9 Å². The van der Waals surface area contributed by atoms with Crippen LogP contribution in [0.2, 0.25) is 0 Å². The minimum Gasteiger partial charge on any atom is -0.335 e. The Kier molecular flexibility index (Phi) is 6.46. The molecule has 0 amide bonds. The number of anilines is 5. The molecule has 4 aliphatic rings. The molecular weight excluding hydrogens is 675 g/mol. The van der Waals surface area contributed by atoms with Gasteiger partial charge in [-0.05, 0) is 135 Å². The molecule has 3 heteroatoms. The van der Waals surface area contributed by atoms with Crippen LogP contribution in [0.1, 0.15) is 110 Å². The summed E-state index contributed by atoms with van der Waals surface area (Å²) in [5, 5.41) is 0. The maximum atomic E-state index is 9.10. The number of hydrogen-bond acceptors (Lipinski definition) is 2. The van der Waals surface area contributed by atoms with Crippen molar-refractivity contribution in [1.29, 1.82) is 0 Å². The lowest BCUT2D eigenvalue weighted by molar-refractivity contribution is 0.195. The zero-order valence-corrected chi connectivity index (χ0v) is 34.5. The monoisotopic (exact) mass is 735 g/mol. The molecule has 6 aromatic rings. The summed E-state index contributed by atoms with van der Waals surface area (Å²) in [7, 11) is 0. The van der Waals surface area contributed by atoms with Gasteiger partial charge in [0.2, 0.25) is 0 Å². The summed E-state index contributed by atoms with van der Waals surface area (Å²) >= 11 is 0. The molecule has 6 aromatic carbocycles. The second-order valence-electron chi connectivity index (χ2n) is 19.5. The van der Waals surface area contributed by atoms with Crippen molar-refractivity contribution < 1.29 is 6.85 Å². The predicted octanol–water partition coefficient (Wildman–Crippen LogP) is 12.3. The van der Waals surface area contributed by atoms with Crippen molar-refractivity contribution in [1.82, 2.24) is 0 Å². The lowest BCUT2D eigenvalue weighted by Crippen LogP contribution is -2.64. The second-order valence-corrected chi connectivity index (χ2v) is 19.5. The zero-order chi connectivity index (χ0) is 43.3. The fourth-order valence-corrected chi connectivity index (χ4v) is 10.7. The van der Waals surface area contributed by atoms with E-state index in [4.69, 9.17) is 6.85 Å². The minimum atomic E-state index is -0.391. The van der Waals surface area contributed by atoms with E-state index in [0.717, 1.165) is 41.0 Å². The first-order valence-corrected chi connectivity index (χ1v) is 20.6. The molecule has 1 fully saturated rings. The first-order chi connectivity index (χ1) is 28.7. The van der Waals surface area contributed by atoms with Gasteiger partial charge in [0, 0.05) is 33.9 Å². The Balaban J connectivity index is 1.33. The maximum absolute atomic E-state index is 9.10. The van der Waals surface area contributed by atoms with E-state index in [9.17, 15) is 0 Å². The number of nitrogens with zero attached hydrogens (tertiary/aromatic N) is 2. The SMILES string of the molecule is [2H]c1c([2H])c([2H])c(-c2cc(-c3ccccc3)cc(N3c4cc(C(C)(C)C)ccc4B4c5cc(C(C)(C)C)cc6c5N(c5cc(C)cc3c54)C3(C)CCCCC63C)c2)c([2H])c1[2H]. The van der Waals surface area contributed by atoms with Crippen LogP contribution in [-0.2, 0) is 16.2 Å². The molecule has 0 bridgehead atoms. The molecule has 10 rings (SSSR count). The normalized spacial score (nSPS) is 21.9. The number of aryl methyl sites for hydroxylation is 1. The Labute approximate surface area is 342 Å². The fraction of sp³-hybridized carbons (Fsp3) is 0.321. The van der Waals surface area contributed by atoms with Gasteiger partial charge >= 0.3 is 0 Å². The van der Waals surface area contributed by atoms with Crippen LogP contribution >= 0.6 is 0 Å². The molecule has 2 unspecified atom stereocenters. The number of fused-ring (bicyclic) bond motifs is 7. The van der Waals surface area contributed by atoms with Crippen LogP contribution in [0.3, 0.4) is 0 Å². The summed E-state index contributed by atoms with van der Waals surface area (Å²) in [6, 6.07) is 32.0. The smallest absolute Gasteiger partial charge is 0.252 e. The molecule has 280 valence electrons. The first kappa shape index (κ1) is 30.2. The van der Waals surface area contributed by atoms with Crippen molar-refractivity contribution >= 4 is 51.5 Å². The summed E-state index contributed by atoms with van der Waals surface area (Å²) in [4.78, 5) is 5.20. The number of rotatable bonds is 3. The molecule has 1 aliphatic carbocycles. The average Bonchev–Trinajstić information content (AvgIpc) is 3.43. The van der Waals surface area contributed by atoms with Gasteiger partial charge in [-0.1, -0.05) is 146 Å². The van der Waals surface area contributed by atoms with Gasteiger partial charge in [-0.25, -0.2) is 0 Å². The van der Waals surface area contributed by atoms with E-state index >= 15 is 0 Å². The molecule has 0 aromatic heterocycles. The van der Waals surface area contributed by atoms with Gasteiger partial charge in [-0.15, -0.1) is 0 Å². The lowest BCUT2D eigenvalue weighted by Gasteiger charge is -2.53. The Bertz CT molecular complexity index is 2830. The molecule has 2 nitrogen and oxygen atoms in total. The lowest BCUT2D eigenvalue weighted by atomic mass is 9.33. The van der Waals surface area contributed by atoms with Gasteiger partial charge < -0.3 is 9.80 Å². The number of benzene rings is 6. The largest absolute Gasteiger partial charge is 0.335 e. The highest BCUT2D eigenvalue weighted by molar-refractivity contribution is 7.00.